The van der Waals surface area contributed by atoms with Gasteiger partial charge in [0.15, 0.2) is 17.3 Å². The summed E-state index contributed by atoms with van der Waals surface area (Å²) < 4.78 is 15.5. The number of hydrogen-bond acceptors (Lipinski definition) is 6. The molecule has 0 N–H and O–H groups in total. The molecule has 170 valence electrons. The first-order valence-corrected chi connectivity index (χ1v) is 10.7. The predicted octanol–water partition coefficient (Wildman–Crippen LogP) is 6.27. The number of Topliss-reactive ketones (excluding diaryl/α,β-unsaturated/α-hetero) is 1. The zero-order valence-electron chi connectivity index (χ0n) is 19.2. The van der Waals surface area contributed by atoms with Crippen molar-refractivity contribution in [2.45, 2.75) is 40.5 Å². The number of hydrogen-bond donors (Lipinski definition) is 0. The summed E-state index contributed by atoms with van der Waals surface area (Å²) >= 11 is 6.22. The number of aromatic nitrogens is 2. The van der Waals surface area contributed by atoms with Crippen molar-refractivity contribution in [3.05, 3.63) is 64.5 Å². The molecule has 0 fully saturated rings. The number of benzene rings is 2. The average Bonchev–Trinajstić information content (AvgIpc) is 3.21. The number of nitrogens with zero attached hydrogens (tertiary/aromatic N) is 2. The van der Waals surface area contributed by atoms with Crippen molar-refractivity contribution < 1.29 is 18.8 Å². The third-order valence-corrected chi connectivity index (χ3v) is 5.03. The number of rotatable bonds is 8. The number of ketones is 1. The first kappa shape index (κ1) is 25.1. The molecule has 1 aromatic heterocycles. The van der Waals surface area contributed by atoms with Crippen molar-refractivity contribution in [3.63, 3.8) is 0 Å². The second kappa shape index (κ2) is 12.1. The van der Waals surface area contributed by atoms with Gasteiger partial charge in [-0.2, -0.15) is 4.98 Å². The third kappa shape index (κ3) is 6.69. The van der Waals surface area contributed by atoms with Crippen LogP contribution in [0.25, 0.3) is 17.5 Å². The molecule has 1 heterocycles. The molecule has 0 bridgehead atoms. The van der Waals surface area contributed by atoms with Crippen LogP contribution in [0.1, 0.15) is 42.8 Å². The van der Waals surface area contributed by atoms with Crippen molar-refractivity contribution in [2.24, 2.45) is 0 Å². The molecule has 0 spiro atoms. The fourth-order valence-electron chi connectivity index (χ4n) is 2.97. The van der Waals surface area contributed by atoms with Crippen LogP contribution in [0.15, 0.2) is 41.4 Å². The summed E-state index contributed by atoms with van der Waals surface area (Å²) in [6, 6.07) is 9.44. The van der Waals surface area contributed by atoms with E-state index in [2.05, 4.69) is 42.7 Å². The minimum atomic E-state index is -0.0556. The Morgan fingerprint density at radius 2 is 1.97 bits per heavy atom. The van der Waals surface area contributed by atoms with E-state index in [0.29, 0.717) is 23.2 Å². The van der Waals surface area contributed by atoms with Crippen molar-refractivity contribution in [3.8, 4) is 22.9 Å². The van der Waals surface area contributed by atoms with Crippen LogP contribution in [-0.2, 0) is 11.2 Å². The van der Waals surface area contributed by atoms with Gasteiger partial charge in [-0.15, -0.1) is 0 Å². The molecule has 0 radical (unpaired) electrons. The average molecular weight is 457 g/mol. The van der Waals surface area contributed by atoms with Gasteiger partial charge in [-0.25, -0.2) is 0 Å². The third-order valence-electron chi connectivity index (χ3n) is 4.58. The molecule has 0 aliphatic carbocycles. The van der Waals surface area contributed by atoms with Crippen LogP contribution in [0.5, 0.6) is 11.5 Å². The molecule has 0 unspecified atom stereocenters. The van der Waals surface area contributed by atoms with Crippen LogP contribution in [0.2, 0.25) is 5.02 Å². The molecule has 0 aliphatic rings. The zero-order chi connectivity index (χ0) is 23.7. The van der Waals surface area contributed by atoms with Gasteiger partial charge in [0.05, 0.1) is 12.1 Å². The highest BCUT2D eigenvalue weighted by molar-refractivity contribution is 6.33. The van der Waals surface area contributed by atoms with Gasteiger partial charge < -0.3 is 14.0 Å². The molecule has 2 aromatic carbocycles. The minimum absolute atomic E-state index is 0.0109. The molecular weight excluding hydrogens is 428 g/mol. The molecule has 0 atom stereocenters. The van der Waals surface area contributed by atoms with Crippen LogP contribution in [0.3, 0.4) is 0 Å². The molecule has 0 amide bonds. The first-order valence-electron chi connectivity index (χ1n) is 10.3. The summed E-state index contributed by atoms with van der Waals surface area (Å²) in [5.41, 5.74) is 4.25. The molecule has 0 saturated carbocycles. The monoisotopic (exact) mass is 456 g/mol. The number of halogens is 1. The molecule has 3 aromatic rings. The van der Waals surface area contributed by atoms with Gasteiger partial charge in [0, 0.05) is 12.5 Å². The Bertz CT molecular complexity index is 1080. The lowest BCUT2D eigenvalue weighted by Crippen LogP contribution is -2.07. The maximum atomic E-state index is 10.9. The van der Waals surface area contributed by atoms with Crippen LogP contribution in [-0.4, -0.2) is 29.6 Å². The van der Waals surface area contributed by atoms with Crippen molar-refractivity contribution in [1.29, 1.82) is 0 Å². The number of methoxy groups -OCH3 is 1. The van der Waals surface area contributed by atoms with Gasteiger partial charge >= 0.3 is 0 Å². The van der Waals surface area contributed by atoms with Gasteiger partial charge in [-0.3, -0.25) is 4.79 Å². The number of carbonyl (C=O) groups is 1. The summed E-state index contributed by atoms with van der Waals surface area (Å²) in [7, 11) is 1.53. The van der Waals surface area contributed by atoms with Crippen molar-refractivity contribution >= 4 is 23.5 Å². The Balaban J connectivity index is 0.000000244. The lowest BCUT2D eigenvalue weighted by atomic mass is 10.0. The molecule has 3 rings (SSSR count). The van der Waals surface area contributed by atoms with E-state index in [-0.39, 0.29) is 12.4 Å². The summed E-state index contributed by atoms with van der Waals surface area (Å²) in [4.78, 5) is 15.0. The second-order valence-electron chi connectivity index (χ2n) is 7.22. The molecule has 7 heteroatoms. The van der Waals surface area contributed by atoms with Gasteiger partial charge in [-0.1, -0.05) is 54.9 Å². The summed E-state index contributed by atoms with van der Waals surface area (Å²) in [5.74, 6) is 1.93. The highest BCUT2D eigenvalue weighted by atomic mass is 35.5. The van der Waals surface area contributed by atoms with Crippen LogP contribution in [0.4, 0.5) is 0 Å². The van der Waals surface area contributed by atoms with E-state index >= 15 is 0 Å². The topological polar surface area (TPSA) is 74.5 Å². The Kier molecular flexibility index (Phi) is 9.47. The maximum Gasteiger partial charge on any atom is 0.223 e. The highest BCUT2D eigenvalue weighted by Crippen LogP contribution is 2.31. The minimum Gasteiger partial charge on any atom is -0.493 e. The second-order valence-corrected chi connectivity index (χ2v) is 7.59. The molecule has 0 aliphatic heterocycles. The largest absolute Gasteiger partial charge is 0.493 e. The van der Waals surface area contributed by atoms with Crippen molar-refractivity contribution in [1.82, 2.24) is 10.1 Å². The van der Waals surface area contributed by atoms with Gasteiger partial charge in [0.1, 0.15) is 6.61 Å². The van der Waals surface area contributed by atoms with E-state index in [1.165, 1.54) is 25.2 Å². The van der Waals surface area contributed by atoms with E-state index in [0.717, 1.165) is 29.0 Å². The van der Waals surface area contributed by atoms with E-state index in [9.17, 15) is 4.79 Å². The van der Waals surface area contributed by atoms with Crippen LogP contribution >= 0.6 is 11.6 Å². The smallest absolute Gasteiger partial charge is 0.223 e. The Morgan fingerprint density at radius 3 is 2.53 bits per heavy atom. The van der Waals surface area contributed by atoms with Gasteiger partial charge in [0.2, 0.25) is 11.7 Å². The zero-order valence-corrected chi connectivity index (χ0v) is 20.0. The fourth-order valence-corrected chi connectivity index (χ4v) is 3.35. The van der Waals surface area contributed by atoms with E-state index in [1.54, 1.807) is 25.1 Å². The van der Waals surface area contributed by atoms with E-state index in [4.69, 9.17) is 25.6 Å². The highest BCUT2D eigenvalue weighted by Gasteiger charge is 2.11. The maximum absolute atomic E-state index is 10.9. The quantitative estimate of drug-likeness (QED) is 0.398. The SMILES string of the molecule is C=Cc1c(C)ccc(CCC)c1Cl.COc1cc(-c2noc(C)n2)ccc1OCC(C)=O. The Morgan fingerprint density at radius 1 is 1.22 bits per heavy atom. The number of carbonyl (C=O) groups excluding carboxylic acids is 1. The molecule has 32 heavy (non-hydrogen) atoms. The van der Waals surface area contributed by atoms with Gasteiger partial charge in [-0.05, 0) is 55.2 Å². The Hall–Kier alpha value is -3.12. The Labute approximate surface area is 194 Å². The van der Waals surface area contributed by atoms with Crippen molar-refractivity contribution in [2.75, 3.05) is 13.7 Å². The van der Waals surface area contributed by atoms with E-state index in [1.807, 2.05) is 6.08 Å². The summed E-state index contributed by atoms with van der Waals surface area (Å²) in [6.07, 6.45) is 4.00. The standard InChI is InChI=1S/C13H14N2O4.C12H15Cl/c1-8(16)7-18-11-5-4-10(6-12(11)17-3)13-14-9(2)19-15-13;1-4-6-10-8-7-9(3)11(5-2)12(10)13/h4-6H,7H2,1-3H3;5,7-8H,2,4,6H2,1,3H3. The number of ether oxygens (including phenoxy) is 2. The van der Waals surface area contributed by atoms with Gasteiger partial charge in [0.25, 0.3) is 0 Å². The summed E-state index contributed by atoms with van der Waals surface area (Å²) in [5, 5.41) is 4.70. The first-order chi connectivity index (χ1) is 15.3. The van der Waals surface area contributed by atoms with E-state index < -0.39 is 0 Å². The molecule has 6 nitrogen and oxygen atoms in total. The van der Waals surface area contributed by atoms with Crippen LogP contribution in [0, 0.1) is 13.8 Å². The normalized spacial score (nSPS) is 10.2. The lowest BCUT2D eigenvalue weighted by molar-refractivity contribution is -0.118. The van der Waals surface area contributed by atoms with Crippen LogP contribution < -0.4 is 9.47 Å². The summed E-state index contributed by atoms with van der Waals surface area (Å²) in [6.45, 7) is 11.2. The molecular formula is C25H29ClN2O4. The fraction of sp³-hybridized carbons (Fsp3) is 0.320. The predicted molar refractivity (Wildman–Crippen MR) is 127 cm³/mol. The molecule has 0 saturated heterocycles. The number of aryl methyl sites for hydroxylation is 3. The lowest BCUT2D eigenvalue weighted by Gasteiger charge is -2.10.